The zero-order valence-corrected chi connectivity index (χ0v) is 15.7. The van der Waals surface area contributed by atoms with E-state index in [1.54, 1.807) is 19.1 Å². The second-order valence-corrected chi connectivity index (χ2v) is 6.64. The monoisotopic (exact) mass is 411 g/mol. The summed E-state index contributed by atoms with van der Waals surface area (Å²) in [7, 11) is 0. The van der Waals surface area contributed by atoms with Gasteiger partial charge in [0.2, 0.25) is 5.76 Å². The first-order valence-electron chi connectivity index (χ1n) is 7.46. The Kier molecular flexibility index (Phi) is 5.41. The molecule has 0 atom stereocenters. The van der Waals surface area contributed by atoms with Crippen LogP contribution in [0.4, 0.5) is 5.69 Å². The summed E-state index contributed by atoms with van der Waals surface area (Å²) in [5, 5.41) is 4.03. The van der Waals surface area contributed by atoms with Gasteiger partial charge in [-0.15, -0.1) is 0 Å². The largest absolute Gasteiger partial charge is 0.450 e. The highest BCUT2D eigenvalue weighted by molar-refractivity contribution is 6.44. The quantitative estimate of drug-likeness (QED) is 0.454. The van der Waals surface area contributed by atoms with E-state index in [9.17, 15) is 9.59 Å². The molecule has 134 valence electrons. The number of anilines is 1. The van der Waals surface area contributed by atoms with Crippen molar-refractivity contribution in [1.82, 2.24) is 0 Å². The van der Waals surface area contributed by atoms with E-state index in [1.165, 1.54) is 12.1 Å². The third-order valence-corrected chi connectivity index (χ3v) is 4.68. The fourth-order valence-electron chi connectivity index (χ4n) is 2.37. The Hall–Kier alpha value is -2.21. The zero-order valence-electron chi connectivity index (χ0n) is 13.4. The molecule has 3 rings (SSSR count). The first kappa shape index (κ1) is 18.6. The molecule has 0 aliphatic rings. The van der Waals surface area contributed by atoms with Crippen LogP contribution in [-0.2, 0) is 9.53 Å². The predicted molar refractivity (Wildman–Crippen MR) is 101 cm³/mol. The average Bonchev–Trinajstić information content (AvgIpc) is 2.95. The molecule has 1 amide bonds. The summed E-state index contributed by atoms with van der Waals surface area (Å²) >= 11 is 17.7. The minimum absolute atomic E-state index is 0.0616. The minimum atomic E-state index is -0.728. The maximum Gasteiger partial charge on any atom is 0.375 e. The van der Waals surface area contributed by atoms with Crippen molar-refractivity contribution in [3.63, 3.8) is 0 Å². The SMILES string of the molecule is Cc1c(C(=O)OCC(=O)Nc2cc(Cl)c(Cl)cc2Cl)oc2ccccc12. The van der Waals surface area contributed by atoms with E-state index in [0.717, 1.165) is 5.39 Å². The third kappa shape index (κ3) is 3.80. The number of para-hydroxylation sites is 1. The molecule has 0 unspecified atom stereocenters. The Bertz CT molecular complexity index is 1010. The highest BCUT2D eigenvalue weighted by Crippen LogP contribution is 2.32. The van der Waals surface area contributed by atoms with E-state index in [4.69, 9.17) is 44.0 Å². The van der Waals surface area contributed by atoms with E-state index in [2.05, 4.69) is 5.32 Å². The molecular weight excluding hydrogens is 401 g/mol. The van der Waals surface area contributed by atoms with Gasteiger partial charge in [-0.3, -0.25) is 4.79 Å². The van der Waals surface area contributed by atoms with Crippen molar-refractivity contribution in [3.05, 3.63) is 62.8 Å². The van der Waals surface area contributed by atoms with Crippen molar-refractivity contribution in [2.75, 3.05) is 11.9 Å². The van der Waals surface area contributed by atoms with Gasteiger partial charge in [-0.05, 0) is 25.1 Å². The number of fused-ring (bicyclic) bond motifs is 1. The van der Waals surface area contributed by atoms with Crippen LogP contribution in [-0.4, -0.2) is 18.5 Å². The Morgan fingerprint density at radius 3 is 2.50 bits per heavy atom. The van der Waals surface area contributed by atoms with E-state index < -0.39 is 18.5 Å². The Morgan fingerprint density at radius 1 is 1.08 bits per heavy atom. The predicted octanol–water partition coefficient (Wildman–Crippen LogP) is 5.50. The van der Waals surface area contributed by atoms with Gasteiger partial charge in [-0.25, -0.2) is 4.79 Å². The summed E-state index contributed by atoms with van der Waals surface area (Å²) in [5.41, 5.74) is 1.49. The molecule has 5 nitrogen and oxygen atoms in total. The minimum Gasteiger partial charge on any atom is -0.450 e. The zero-order chi connectivity index (χ0) is 18.8. The van der Waals surface area contributed by atoms with Gasteiger partial charge in [0.05, 0.1) is 20.8 Å². The number of amides is 1. The Balaban J connectivity index is 1.66. The van der Waals surface area contributed by atoms with E-state index in [1.807, 2.05) is 12.1 Å². The molecule has 0 spiro atoms. The van der Waals surface area contributed by atoms with Gasteiger partial charge >= 0.3 is 5.97 Å². The van der Waals surface area contributed by atoms with Gasteiger partial charge in [0.15, 0.2) is 6.61 Å². The van der Waals surface area contributed by atoms with Gasteiger partial charge in [-0.1, -0.05) is 53.0 Å². The van der Waals surface area contributed by atoms with Crippen molar-refractivity contribution < 1.29 is 18.7 Å². The van der Waals surface area contributed by atoms with E-state index in [-0.39, 0.29) is 26.5 Å². The van der Waals surface area contributed by atoms with Crippen LogP contribution in [0, 0.1) is 6.92 Å². The van der Waals surface area contributed by atoms with Crippen LogP contribution in [0.2, 0.25) is 15.1 Å². The second kappa shape index (κ2) is 7.58. The number of benzene rings is 2. The molecular formula is C18H12Cl3NO4. The van der Waals surface area contributed by atoms with Crippen LogP contribution in [0.15, 0.2) is 40.8 Å². The molecule has 0 bridgehead atoms. The molecule has 1 N–H and O–H groups in total. The van der Waals surface area contributed by atoms with Gasteiger partial charge in [0.25, 0.3) is 5.91 Å². The number of hydrogen-bond donors (Lipinski definition) is 1. The molecule has 1 heterocycles. The Morgan fingerprint density at radius 2 is 1.77 bits per heavy atom. The van der Waals surface area contributed by atoms with Crippen molar-refractivity contribution in [2.45, 2.75) is 6.92 Å². The topological polar surface area (TPSA) is 68.5 Å². The molecule has 0 aliphatic heterocycles. The molecule has 8 heteroatoms. The van der Waals surface area contributed by atoms with Crippen LogP contribution < -0.4 is 5.32 Å². The Labute approximate surface area is 163 Å². The number of aryl methyl sites for hydroxylation is 1. The van der Waals surface area contributed by atoms with E-state index >= 15 is 0 Å². The summed E-state index contributed by atoms with van der Waals surface area (Å²) in [5.74, 6) is -1.24. The number of carbonyl (C=O) groups is 2. The van der Waals surface area contributed by atoms with Crippen LogP contribution in [0.3, 0.4) is 0 Å². The summed E-state index contributed by atoms with van der Waals surface area (Å²) in [6, 6.07) is 10.0. The van der Waals surface area contributed by atoms with Gasteiger partial charge in [0.1, 0.15) is 5.58 Å². The lowest BCUT2D eigenvalue weighted by Crippen LogP contribution is -2.21. The summed E-state index contributed by atoms with van der Waals surface area (Å²) in [4.78, 5) is 24.2. The summed E-state index contributed by atoms with van der Waals surface area (Å²) in [6.07, 6.45) is 0. The van der Waals surface area contributed by atoms with Gasteiger partial charge < -0.3 is 14.5 Å². The molecule has 1 aromatic heterocycles. The van der Waals surface area contributed by atoms with Crippen LogP contribution in [0.1, 0.15) is 16.1 Å². The fraction of sp³-hybridized carbons (Fsp3) is 0.111. The first-order chi connectivity index (χ1) is 12.4. The third-order valence-electron chi connectivity index (χ3n) is 3.65. The summed E-state index contributed by atoms with van der Waals surface area (Å²) < 4.78 is 10.5. The maximum atomic E-state index is 12.2. The molecule has 0 saturated carbocycles. The van der Waals surface area contributed by atoms with Crippen molar-refractivity contribution in [3.8, 4) is 0 Å². The number of nitrogens with one attached hydrogen (secondary N) is 1. The maximum absolute atomic E-state index is 12.2. The number of rotatable bonds is 4. The highest BCUT2D eigenvalue weighted by Gasteiger charge is 2.20. The van der Waals surface area contributed by atoms with Gasteiger partial charge in [0, 0.05) is 10.9 Å². The second-order valence-electron chi connectivity index (χ2n) is 5.42. The molecule has 0 fully saturated rings. The molecule has 0 radical (unpaired) electrons. The van der Waals surface area contributed by atoms with Crippen molar-refractivity contribution in [2.24, 2.45) is 0 Å². The number of esters is 1. The highest BCUT2D eigenvalue weighted by atomic mass is 35.5. The lowest BCUT2D eigenvalue weighted by Gasteiger charge is -2.09. The number of carbonyl (C=O) groups excluding carboxylic acids is 2. The van der Waals surface area contributed by atoms with Crippen LogP contribution in [0.5, 0.6) is 0 Å². The van der Waals surface area contributed by atoms with Gasteiger partial charge in [-0.2, -0.15) is 0 Å². The molecule has 0 aliphatic carbocycles. The molecule has 2 aromatic carbocycles. The van der Waals surface area contributed by atoms with Crippen molar-refractivity contribution >= 4 is 63.3 Å². The number of furan rings is 1. The average molecular weight is 413 g/mol. The smallest absolute Gasteiger partial charge is 0.375 e. The normalized spacial score (nSPS) is 10.8. The van der Waals surface area contributed by atoms with Crippen LogP contribution >= 0.6 is 34.8 Å². The molecule has 26 heavy (non-hydrogen) atoms. The number of ether oxygens (including phenoxy) is 1. The summed E-state index contributed by atoms with van der Waals surface area (Å²) in [6.45, 7) is 1.24. The standard InChI is InChI=1S/C18H12Cl3NO4/c1-9-10-4-2-3-5-15(10)26-17(9)18(24)25-8-16(23)22-14-7-12(20)11(19)6-13(14)21/h2-7H,8H2,1H3,(H,22,23). The van der Waals surface area contributed by atoms with Crippen LogP contribution in [0.25, 0.3) is 11.0 Å². The first-order valence-corrected chi connectivity index (χ1v) is 8.60. The lowest BCUT2D eigenvalue weighted by atomic mass is 10.1. The lowest BCUT2D eigenvalue weighted by molar-refractivity contribution is -0.119. The van der Waals surface area contributed by atoms with E-state index in [0.29, 0.717) is 11.1 Å². The van der Waals surface area contributed by atoms with Crippen molar-refractivity contribution in [1.29, 1.82) is 0 Å². The molecule has 0 saturated heterocycles. The number of halogens is 3. The number of hydrogen-bond acceptors (Lipinski definition) is 4. The fourth-order valence-corrected chi connectivity index (χ4v) is 2.96. The molecule has 3 aromatic rings.